The number of nitrogens with zero attached hydrogens (tertiary/aromatic N) is 4. The Kier molecular flexibility index (Phi) is 7.29. The molecule has 4 heteroatoms. The van der Waals surface area contributed by atoms with E-state index in [-0.39, 0.29) is 10.8 Å². The third-order valence-corrected chi connectivity index (χ3v) is 13.4. The van der Waals surface area contributed by atoms with E-state index in [9.17, 15) is 0 Å². The molecule has 0 atom stereocenters. The smallest absolute Gasteiger partial charge is 0.237 e. The Bertz CT molecular complexity index is 3280. The summed E-state index contributed by atoms with van der Waals surface area (Å²) < 4.78 is 2.26. The fraction of sp³-hybridized carbons (Fsp3) is 0.107. The highest BCUT2D eigenvalue weighted by Gasteiger charge is 2.41. The zero-order valence-electron chi connectivity index (χ0n) is 34.1. The van der Waals surface area contributed by atoms with Crippen LogP contribution < -0.4 is 4.90 Å². The number of fused-ring (bicyclic) bond motifs is 10. The van der Waals surface area contributed by atoms with Crippen molar-refractivity contribution in [2.24, 2.45) is 0 Å². The van der Waals surface area contributed by atoms with Gasteiger partial charge >= 0.3 is 0 Å². The van der Waals surface area contributed by atoms with Gasteiger partial charge in [0.25, 0.3) is 0 Å². The summed E-state index contributed by atoms with van der Waals surface area (Å²) in [4.78, 5) is 13.7. The van der Waals surface area contributed by atoms with E-state index in [0.29, 0.717) is 5.95 Å². The molecule has 0 amide bonds. The van der Waals surface area contributed by atoms with Crippen molar-refractivity contribution in [2.45, 2.75) is 38.5 Å². The van der Waals surface area contributed by atoms with Crippen LogP contribution >= 0.6 is 0 Å². The average Bonchev–Trinajstić information content (AvgIpc) is 3.84. The van der Waals surface area contributed by atoms with Crippen molar-refractivity contribution in [1.82, 2.24) is 14.5 Å². The molecule has 4 nitrogen and oxygen atoms in total. The lowest BCUT2D eigenvalue weighted by atomic mass is 9.82. The van der Waals surface area contributed by atoms with Gasteiger partial charge in [-0.2, -0.15) is 4.98 Å². The number of hydrogen-bond donors (Lipinski definition) is 0. The number of para-hydroxylation sites is 2. The van der Waals surface area contributed by atoms with E-state index in [1.165, 1.54) is 66.4 Å². The Balaban J connectivity index is 1.19. The molecule has 2 aromatic heterocycles. The normalized spacial score (nSPS) is 14.3. The lowest BCUT2D eigenvalue weighted by molar-refractivity contribution is 0.660. The Morgan fingerprint density at radius 1 is 0.417 bits per heavy atom. The summed E-state index contributed by atoms with van der Waals surface area (Å²) in [5, 5.41) is 3.32. The number of anilines is 3. The van der Waals surface area contributed by atoms with E-state index in [0.717, 1.165) is 39.1 Å². The zero-order valence-corrected chi connectivity index (χ0v) is 34.1. The maximum absolute atomic E-state index is 5.79. The molecule has 10 aromatic rings. The second-order valence-electron chi connectivity index (χ2n) is 17.4. The van der Waals surface area contributed by atoms with E-state index < -0.39 is 0 Å². The van der Waals surface area contributed by atoms with E-state index in [2.05, 4.69) is 219 Å². The van der Waals surface area contributed by atoms with Gasteiger partial charge in [-0.1, -0.05) is 167 Å². The molecule has 0 unspecified atom stereocenters. The van der Waals surface area contributed by atoms with Crippen molar-refractivity contribution in [1.29, 1.82) is 0 Å². The van der Waals surface area contributed by atoms with Gasteiger partial charge in [-0.3, -0.25) is 9.47 Å². The molecule has 12 rings (SSSR count). The van der Waals surface area contributed by atoms with Gasteiger partial charge in [-0.25, -0.2) is 4.98 Å². The number of benzene rings is 8. The van der Waals surface area contributed by atoms with Crippen molar-refractivity contribution in [3.8, 4) is 39.3 Å². The highest BCUT2D eigenvalue weighted by atomic mass is 15.3. The van der Waals surface area contributed by atoms with Crippen LogP contribution in [0.25, 0.3) is 72.0 Å². The van der Waals surface area contributed by atoms with Crippen LogP contribution in [0.15, 0.2) is 182 Å². The summed E-state index contributed by atoms with van der Waals surface area (Å²) in [6.07, 6.45) is 0. The van der Waals surface area contributed by atoms with Gasteiger partial charge in [0.1, 0.15) is 0 Å². The summed E-state index contributed by atoms with van der Waals surface area (Å²) in [6, 6.07) is 66.1. The molecule has 0 N–H and O–H groups in total. The van der Waals surface area contributed by atoms with Crippen LogP contribution in [0.5, 0.6) is 0 Å². The fourth-order valence-electron chi connectivity index (χ4n) is 10.5. The molecule has 0 spiro atoms. The summed E-state index contributed by atoms with van der Waals surface area (Å²) in [5.41, 5.74) is 17.6. The fourth-order valence-corrected chi connectivity index (χ4v) is 10.5. The van der Waals surface area contributed by atoms with E-state index in [1.807, 2.05) is 0 Å². The van der Waals surface area contributed by atoms with Crippen LogP contribution in [-0.4, -0.2) is 14.5 Å². The molecule has 8 aromatic carbocycles. The molecule has 2 aliphatic rings. The summed E-state index contributed by atoms with van der Waals surface area (Å²) in [7, 11) is 0. The van der Waals surface area contributed by atoms with E-state index in [1.54, 1.807) is 0 Å². The monoisotopic (exact) mass is 770 g/mol. The average molecular weight is 771 g/mol. The van der Waals surface area contributed by atoms with Gasteiger partial charge in [0, 0.05) is 38.1 Å². The van der Waals surface area contributed by atoms with E-state index in [4.69, 9.17) is 9.97 Å². The summed E-state index contributed by atoms with van der Waals surface area (Å²) >= 11 is 0. The molecule has 0 radical (unpaired) electrons. The van der Waals surface area contributed by atoms with Gasteiger partial charge in [0.2, 0.25) is 5.95 Å². The SMILES string of the molecule is CC1(C)c2ccccc2-c2c(N(c3cccc4c3-c3ccccc3C4(C)C)c3nc(-n4c5ccccc5c5cc(-c6ccccc6)ccc54)nc4ccccc34)cccc21. The highest BCUT2D eigenvalue weighted by molar-refractivity contribution is 6.11. The molecule has 2 aliphatic carbocycles. The number of hydrogen-bond acceptors (Lipinski definition) is 3. The zero-order chi connectivity index (χ0) is 40.3. The minimum atomic E-state index is -0.179. The minimum absolute atomic E-state index is 0.179. The molecule has 0 aliphatic heterocycles. The van der Waals surface area contributed by atoms with Crippen LogP contribution in [0.1, 0.15) is 49.9 Å². The largest absolute Gasteiger partial charge is 0.293 e. The molecule has 0 bridgehead atoms. The van der Waals surface area contributed by atoms with Crippen molar-refractivity contribution in [3.05, 3.63) is 204 Å². The molecular formula is C56H42N4. The van der Waals surface area contributed by atoms with Gasteiger partial charge < -0.3 is 0 Å². The first-order valence-electron chi connectivity index (χ1n) is 20.9. The maximum Gasteiger partial charge on any atom is 0.237 e. The van der Waals surface area contributed by atoms with Crippen LogP contribution in [0.2, 0.25) is 0 Å². The standard InChI is InChI=1S/C56H42N4/c1-55(2)42-24-12-8-21-38(42)51-44(55)26-16-30-49(51)59(50-31-17-27-45-52(50)39-22-9-13-25-43(39)56(45,3)4)53-40-23-10-14-28-46(40)57-54(58-53)60-47-29-15-11-20-37(47)41-34-36(32-33-48(41)60)35-18-6-5-7-19-35/h5-34H,1-4H3. The molecular weight excluding hydrogens is 729 g/mol. The van der Waals surface area contributed by atoms with Gasteiger partial charge in [0.05, 0.1) is 27.9 Å². The van der Waals surface area contributed by atoms with Crippen LogP contribution in [0.4, 0.5) is 17.2 Å². The molecule has 2 heterocycles. The Morgan fingerprint density at radius 2 is 0.950 bits per heavy atom. The third kappa shape index (κ3) is 4.79. The van der Waals surface area contributed by atoms with Gasteiger partial charge in [-0.15, -0.1) is 0 Å². The number of rotatable bonds is 5. The third-order valence-electron chi connectivity index (χ3n) is 13.4. The lowest BCUT2D eigenvalue weighted by Gasteiger charge is -2.31. The minimum Gasteiger partial charge on any atom is -0.293 e. The summed E-state index contributed by atoms with van der Waals surface area (Å²) in [6.45, 7) is 9.42. The molecule has 0 saturated carbocycles. The quantitative estimate of drug-likeness (QED) is 0.175. The second-order valence-corrected chi connectivity index (χ2v) is 17.4. The van der Waals surface area contributed by atoms with Crippen molar-refractivity contribution in [2.75, 3.05) is 4.90 Å². The Hall–Kier alpha value is -7.30. The van der Waals surface area contributed by atoms with Crippen LogP contribution in [0.3, 0.4) is 0 Å². The summed E-state index contributed by atoms with van der Waals surface area (Å²) in [5.74, 6) is 1.47. The Morgan fingerprint density at radius 3 is 1.62 bits per heavy atom. The predicted molar refractivity (Wildman–Crippen MR) is 249 cm³/mol. The molecule has 286 valence electrons. The second kappa shape index (κ2) is 12.6. The molecule has 0 saturated heterocycles. The lowest BCUT2D eigenvalue weighted by Crippen LogP contribution is -2.19. The van der Waals surface area contributed by atoms with Gasteiger partial charge in [0.15, 0.2) is 5.82 Å². The Labute approximate surface area is 350 Å². The predicted octanol–water partition coefficient (Wildman–Crippen LogP) is 14.5. The number of aromatic nitrogens is 3. The maximum atomic E-state index is 5.79. The molecule has 0 fully saturated rings. The van der Waals surface area contributed by atoms with Crippen LogP contribution in [0, 0.1) is 0 Å². The van der Waals surface area contributed by atoms with E-state index >= 15 is 0 Å². The van der Waals surface area contributed by atoms with Crippen LogP contribution in [-0.2, 0) is 10.8 Å². The van der Waals surface area contributed by atoms with Crippen molar-refractivity contribution in [3.63, 3.8) is 0 Å². The highest BCUT2D eigenvalue weighted by Crippen LogP contribution is 2.58. The van der Waals surface area contributed by atoms with Crippen molar-refractivity contribution < 1.29 is 0 Å². The topological polar surface area (TPSA) is 34.0 Å². The van der Waals surface area contributed by atoms with Crippen molar-refractivity contribution >= 4 is 49.9 Å². The van der Waals surface area contributed by atoms with Gasteiger partial charge in [-0.05, 0) is 87.0 Å². The first kappa shape index (κ1) is 34.7. The molecule has 60 heavy (non-hydrogen) atoms. The first-order chi connectivity index (χ1) is 29.3. The first-order valence-corrected chi connectivity index (χ1v) is 20.9.